The van der Waals surface area contributed by atoms with Gasteiger partial charge in [0.2, 0.25) is 5.91 Å². The fourth-order valence-corrected chi connectivity index (χ4v) is 0.593. The first-order valence-electron chi connectivity index (χ1n) is 3.59. The molecule has 0 aliphatic carbocycles. The van der Waals surface area contributed by atoms with Crippen LogP contribution < -0.4 is 5.73 Å². The fraction of sp³-hybridized carbons (Fsp3) is 0.625. The summed E-state index contributed by atoms with van der Waals surface area (Å²) in [5.74, 6) is -0.348. The van der Waals surface area contributed by atoms with Crippen LogP contribution in [0.5, 0.6) is 0 Å². The number of hydrogen-bond acceptors (Lipinski definition) is 2. The van der Waals surface area contributed by atoms with E-state index in [0.29, 0.717) is 5.57 Å². The number of carbonyl (C=O) groups is 1. The zero-order valence-corrected chi connectivity index (χ0v) is 7.59. The highest BCUT2D eigenvalue weighted by Gasteiger charge is 2.03. The van der Waals surface area contributed by atoms with Gasteiger partial charge in [-0.05, 0) is 27.9 Å². The summed E-state index contributed by atoms with van der Waals surface area (Å²) in [4.78, 5) is 12.6. The molecule has 0 heterocycles. The summed E-state index contributed by atoms with van der Waals surface area (Å²) in [7, 11) is 3.91. The molecular weight excluding hydrogens is 140 g/mol. The van der Waals surface area contributed by atoms with E-state index in [9.17, 15) is 4.79 Å². The van der Waals surface area contributed by atoms with Crippen LogP contribution in [-0.2, 0) is 4.79 Å². The quantitative estimate of drug-likeness (QED) is 0.600. The molecule has 3 nitrogen and oxygen atoms in total. The van der Waals surface area contributed by atoms with Crippen LogP contribution >= 0.6 is 0 Å². The number of amides is 1. The molecule has 0 aromatic heterocycles. The summed E-state index contributed by atoms with van der Waals surface area (Å²) in [6.07, 6.45) is 1.85. The Balaban J connectivity index is 4.19. The Bertz CT molecular complexity index is 173. The zero-order chi connectivity index (χ0) is 9.02. The van der Waals surface area contributed by atoms with Crippen LogP contribution in [0.2, 0.25) is 0 Å². The minimum Gasteiger partial charge on any atom is -0.366 e. The normalized spacial score (nSPS) is 15.2. The first-order valence-corrected chi connectivity index (χ1v) is 3.59. The van der Waals surface area contributed by atoms with Gasteiger partial charge in [-0.1, -0.05) is 6.08 Å². The van der Waals surface area contributed by atoms with Gasteiger partial charge in [0, 0.05) is 11.6 Å². The van der Waals surface area contributed by atoms with E-state index in [4.69, 9.17) is 5.73 Å². The number of primary amides is 1. The summed E-state index contributed by atoms with van der Waals surface area (Å²) in [6, 6.07) is 0.252. The van der Waals surface area contributed by atoms with E-state index in [1.807, 2.05) is 32.0 Å². The average molecular weight is 156 g/mol. The molecule has 0 bridgehead atoms. The molecule has 1 unspecified atom stereocenters. The predicted octanol–water partition coefficient (Wildman–Crippen LogP) is 0.368. The van der Waals surface area contributed by atoms with E-state index < -0.39 is 0 Å². The Kier molecular flexibility index (Phi) is 3.82. The molecule has 64 valence electrons. The van der Waals surface area contributed by atoms with E-state index in [1.54, 1.807) is 6.92 Å². The standard InChI is InChI=1S/C8H16N2O/c1-6(8(9)11)5-7(2)10(3)4/h5,7H,1-4H3,(H2,9,11)/b6-5+. The predicted molar refractivity (Wildman–Crippen MR) is 46.1 cm³/mol. The maximum atomic E-state index is 10.6. The maximum Gasteiger partial charge on any atom is 0.244 e. The monoisotopic (exact) mass is 156 g/mol. The van der Waals surface area contributed by atoms with Crippen molar-refractivity contribution in [2.24, 2.45) is 5.73 Å². The Morgan fingerprint density at radius 1 is 1.55 bits per heavy atom. The van der Waals surface area contributed by atoms with Crippen LogP contribution in [0.15, 0.2) is 11.6 Å². The van der Waals surface area contributed by atoms with Crippen molar-refractivity contribution in [1.82, 2.24) is 4.90 Å². The molecule has 0 rings (SSSR count). The number of nitrogens with zero attached hydrogens (tertiary/aromatic N) is 1. The van der Waals surface area contributed by atoms with Crippen molar-refractivity contribution in [3.05, 3.63) is 11.6 Å². The Labute approximate surface area is 67.9 Å². The number of rotatable bonds is 3. The van der Waals surface area contributed by atoms with Crippen molar-refractivity contribution < 1.29 is 4.79 Å². The summed E-state index contributed by atoms with van der Waals surface area (Å²) < 4.78 is 0. The Morgan fingerprint density at radius 3 is 2.27 bits per heavy atom. The van der Waals surface area contributed by atoms with Crippen LogP contribution in [0.4, 0.5) is 0 Å². The van der Waals surface area contributed by atoms with E-state index in [0.717, 1.165) is 0 Å². The Morgan fingerprint density at radius 2 is 2.00 bits per heavy atom. The summed E-state index contributed by atoms with van der Waals surface area (Å²) in [5.41, 5.74) is 5.68. The van der Waals surface area contributed by atoms with Gasteiger partial charge in [0.25, 0.3) is 0 Å². The van der Waals surface area contributed by atoms with Crippen LogP contribution in [0, 0.1) is 0 Å². The lowest BCUT2D eigenvalue weighted by molar-refractivity contribution is -0.114. The maximum absolute atomic E-state index is 10.6. The molecule has 11 heavy (non-hydrogen) atoms. The molecule has 0 aromatic rings. The minimum absolute atomic E-state index is 0.252. The third kappa shape index (κ3) is 3.78. The van der Waals surface area contributed by atoms with E-state index in [2.05, 4.69) is 0 Å². The number of nitrogens with two attached hydrogens (primary N) is 1. The fourth-order valence-electron chi connectivity index (χ4n) is 0.593. The van der Waals surface area contributed by atoms with Crippen molar-refractivity contribution in [2.45, 2.75) is 19.9 Å². The molecule has 2 N–H and O–H groups in total. The molecular formula is C8H16N2O. The molecule has 1 amide bonds. The first kappa shape index (κ1) is 10.2. The van der Waals surface area contributed by atoms with Gasteiger partial charge in [0.15, 0.2) is 0 Å². The van der Waals surface area contributed by atoms with Gasteiger partial charge in [0.05, 0.1) is 0 Å². The highest BCUT2D eigenvalue weighted by atomic mass is 16.1. The second kappa shape index (κ2) is 4.13. The van der Waals surface area contributed by atoms with Crippen LogP contribution in [-0.4, -0.2) is 30.9 Å². The molecule has 0 aromatic carbocycles. The topological polar surface area (TPSA) is 46.3 Å². The lowest BCUT2D eigenvalue weighted by Crippen LogP contribution is -2.24. The van der Waals surface area contributed by atoms with Crippen molar-refractivity contribution >= 4 is 5.91 Å². The molecule has 0 aliphatic heterocycles. The van der Waals surface area contributed by atoms with Gasteiger partial charge in [-0.3, -0.25) is 4.79 Å². The highest BCUT2D eigenvalue weighted by molar-refractivity contribution is 5.91. The molecule has 3 heteroatoms. The lowest BCUT2D eigenvalue weighted by Gasteiger charge is -2.15. The highest BCUT2D eigenvalue weighted by Crippen LogP contribution is 1.98. The molecule has 0 radical (unpaired) electrons. The van der Waals surface area contributed by atoms with E-state index in [-0.39, 0.29) is 11.9 Å². The van der Waals surface area contributed by atoms with Crippen molar-refractivity contribution in [3.8, 4) is 0 Å². The average Bonchev–Trinajstić information content (AvgIpc) is 1.87. The number of likely N-dealkylation sites (N-methyl/N-ethyl adjacent to an activating group) is 1. The number of carbonyl (C=O) groups excluding carboxylic acids is 1. The molecule has 0 spiro atoms. The molecule has 0 aliphatic rings. The molecule has 0 fully saturated rings. The van der Waals surface area contributed by atoms with Crippen molar-refractivity contribution in [2.75, 3.05) is 14.1 Å². The first-order chi connectivity index (χ1) is 4.95. The van der Waals surface area contributed by atoms with Gasteiger partial charge >= 0.3 is 0 Å². The zero-order valence-electron chi connectivity index (χ0n) is 7.59. The van der Waals surface area contributed by atoms with Crippen LogP contribution in [0.1, 0.15) is 13.8 Å². The smallest absolute Gasteiger partial charge is 0.244 e. The van der Waals surface area contributed by atoms with Crippen LogP contribution in [0.3, 0.4) is 0 Å². The van der Waals surface area contributed by atoms with E-state index in [1.165, 1.54) is 0 Å². The van der Waals surface area contributed by atoms with Gasteiger partial charge < -0.3 is 10.6 Å². The second-order valence-electron chi connectivity index (χ2n) is 2.92. The van der Waals surface area contributed by atoms with Gasteiger partial charge in [-0.15, -0.1) is 0 Å². The van der Waals surface area contributed by atoms with Crippen molar-refractivity contribution in [1.29, 1.82) is 0 Å². The summed E-state index contributed by atoms with van der Waals surface area (Å²) in [5, 5.41) is 0. The number of hydrogen-bond donors (Lipinski definition) is 1. The SMILES string of the molecule is C/C(=C\C(C)N(C)C)C(N)=O. The van der Waals surface area contributed by atoms with Crippen LogP contribution in [0.25, 0.3) is 0 Å². The minimum atomic E-state index is -0.348. The third-order valence-electron chi connectivity index (χ3n) is 1.69. The summed E-state index contributed by atoms with van der Waals surface area (Å²) in [6.45, 7) is 3.73. The van der Waals surface area contributed by atoms with Gasteiger partial charge in [-0.2, -0.15) is 0 Å². The molecule has 0 saturated heterocycles. The Hall–Kier alpha value is -0.830. The third-order valence-corrected chi connectivity index (χ3v) is 1.69. The molecule has 1 atom stereocenters. The largest absolute Gasteiger partial charge is 0.366 e. The van der Waals surface area contributed by atoms with Gasteiger partial charge in [0.1, 0.15) is 0 Å². The molecule has 0 saturated carbocycles. The second-order valence-corrected chi connectivity index (χ2v) is 2.92. The van der Waals surface area contributed by atoms with Crippen molar-refractivity contribution in [3.63, 3.8) is 0 Å². The van der Waals surface area contributed by atoms with E-state index >= 15 is 0 Å². The van der Waals surface area contributed by atoms with Gasteiger partial charge in [-0.25, -0.2) is 0 Å². The summed E-state index contributed by atoms with van der Waals surface area (Å²) >= 11 is 0. The lowest BCUT2D eigenvalue weighted by atomic mass is 10.2.